The first kappa shape index (κ1) is 21.3. The van der Waals surface area contributed by atoms with Gasteiger partial charge in [0.15, 0.2) is 0 Å². The Morgan fingerprint density at radius 3 is 1.94 bits per heavy atom. The van der Waals surface area contributed by atoms with Crippen LogP contribution < -0.4 is 0 Å². The van der Waals surface area contributed by atoms with Crippen LogP contribution in [0.1, 0.15) is 123 Å². The Bertz CT molecular complexity index is 704. The Kier molecular flexibility index (Phi) is 5.47. The lowest BCUT2D eigenvalue weighted by atomic mass is 9.56. The summed E-state index contributed by atoms with van der Waals surface area (Å²) in [5.41, 5.74) is 4.66. The third kappa shape index (κ3) is 3.71. The van der Waals surface area contributed by atoms with Crippen molar-refractivity contribution >= 4 is 7.85 Å². The summed E-state index contributed by atoms with van der Waals surface area (Å²) in [4.78, 5) is 0. The minimum Gasteiger partial charge on any atom is -0.0669 e. The average molecular weight is 421 g/mol. The van der Waals surface area contributed by atoms with Crippen LogP contribution in [0.4, 0.5) is 0 Å². The maximum atomic E-state index is 2.72. The summed E-state index contributed by atoms with van der Waals surface area (Å²) in [7, 11) is 2.53. The van der Waals surface area contributed by atoms with E-state index in [4.69, 9.17) is 0 Å². The summed E-state index contributed by atoms with van der Waals surface area (Å²) in [6.45, 7) is 5.25. The summed E-state index contributed by atoms with van der Waals surface area (Å²) in [5.74, 6) is 7.38. The highest BCUT2D eigenvalue weighted by Crippen LogP contribution is 2.64. The van der Waals surface area contributed by atoms with Gasteiger partial charge in [0.2, 0.25) is 0 Å². The van der Waals surface area contributed by atoms with E-state index < -0.39 is 0 Å². The van der Waals surface area contributed by atoms with Crippen LogP contribution in [0.3, 0.4) is 0 Å². The summed E-state index contributed by atoms with van der Waals surface area (Å²) in [5, 5.41) is 0.600. The first-order valence-corrected chi connectivity index (χ1v) is 14.7. The first-order chi connectivity index (χ1) is 14.9. The largest absolute Gasteiger partial charge is 0.109 e. The molecule has 0 nitrogen and oxygen atoms in total. The van der Waals surface area contributed by atoms with Crippen molar-refractivity contribution in [3.8, 4) is 0 Å². The lowest BCUT2D eigenvalue weighted by molar-refractivity contribution is 0.105. The molecule has 172 valence electrons. The molecule has 0 radical (unpaired) electrons. The number of hydrogen-bond donors (Lipinski definition) is 0. The minimum absolute atomic E-state index is 0.570. The SMILES string of the molecule is B[C@@]1(C)CCC([C@]2(C)CCC3CC(C4CCC(C5CCCC5)CC4)CC4CCC2=C43)C1. The van der Waals surface area contributed by atoms with Crippen LogP contribution in [0.2, 0.25) is 5.31 Å². The molecule has 4 unspecified atom stereocenters. The molecule has 0 bridgehead atoms. The molecule has 0 N–H and O–H groups in total. The van der Waals surface area contributed by atoms with Crippen molar-refractivity contribution in [2.75, 3.05) is 0 Å². The normalized spacial score (nSPS) is 50.8. The molecule has 0 spiro atoms. The van der Waals surface area contributed by atoms with Crippen LogP contribution in [-0.2, 0) is 0 Å². The zero-order chi connectivity index (χ0) is 21.2. The standard InChI is InChI=1S/C30H49B/c1-29(31)15-14-26(19-29)30(2)16-13-24-18-25(17-23-11-12-27(30)28(23)24)22-9-7-21(8-10-22)20-5-3-4-6-20/h20-26H,3-19,31H2,1-2H3/t21?,22?,23?,24?,25?,26?,29-,30-/m0/s1. The fourth-order valence-electron chi connectivity index (χ4n) is 10.5. The van der Waals surface area contributed by atoms with Gasteiger partial charge in [0.1, 0.15) is 7.85 Å². The zero-order valence-electron chi connectivity index (χ0n) is 21.1. The van der Waals surface area contributed by atoms with Crippen molar-refractivity contribution in [2.45, 2.75) is 128 Å². The third-order valence-corrected chi connectivity index (χ3v) is 12.3. The summed E-state index contributed by atoms with van der Waals surface area (Å²) < 4.78 is 0. The highest BCUT2D eigenvalue weighted by Gasteiger charge is 2.52. The van der Waals surface area contributed by atoms with Gasteiger partial charge < -0.3 is 0 Å². The van der Waals surface area contributed by atoms with Crippen molar-refractivity contribution in [1.29, 1.82) is 0 Å². The first-order valence-electron chi connectivity index (χ1n) is 14.7. The van der Waals surface area contributed by atoms with Gasteiger partial charge >= 0.3 is 0 Å². The molecule has 0 amide bonds. The maximum Gasteiger partial charge on any atom is 0.109 e. The van der Waals surface area contributed by atoms with Gasteiger partial charge in [-0.25, -0.2) is 0 Å². The highest BCUT2D eigenvalue weighted by molar-refractivity contribution is 6.15. The van der Waals surface area contributed by atoms with E-state index in [1.165, 1.54) is 57.8 Å². The number of allylic oxidation sites excluding steroid dienone is 2. The van der Waals surface area contributed by atoms with Crippen molar-refractivity contribution in [3.05, 3.63) is 11.1 Å². The minimum atomic E-state index is 0.570. The van der Waals surface area contributed by atoms with E-state index in [9.17, 15) is 0 Å². The molecule has 0 aromatic carbocycles. The van der Waals surface area contributed by atoms with E-state index in [0.717, 1.165) is 41.4 Å². The van der Waals surface area contributed by atoms with Gasteiger partial charge in [-0.1, -0.05) is 68.8 Å². The Hall–Kier alpha value is -0.195. The van der Waals surface area contributed by atoms with Crippen LogP contribution >= 0.6 is 0 Å². The molecular weight excluding hydrogens is 371 g/mol. The molecule has 0 heterocycles. The Balaban J connectivity index is 1.14. The van der Waals surface area contributed by atoms with Gasteiger partial charge in [-0.2, -0.15) is 0 Å². The van der Waals surface area contributed by atoms with Gasteiger partial charge in [0.05, 0.1) is 0 Å². The van der Waals surface area contributed by atoms with Gasteiger partial charge in [-0.15, -0.1) is 0 Å². The van der Waals surface area contributed by atoms with E-state index in [0.29, 0.717) is 10.7 Å². The van der Waals surface area contributed by atoms with E-state index in [1.54, 1.807) is 51.4 Å². The molecule has 6 atom stereocenters. The Morgan fingerprint density at radius 1 is 0.677 bits per heavy atom. The van der Waals surface area contributed by atoms with Crippen molar-refractivity contribution in [1.82, 2.24) is 0 Å². The van der Waals surface area contributed by atoms with Crippen LogP contribution in [-0.4, -0.2) is 7.85 Å². The molecule has 4 fully saturated rings. The molecule has 6 rings (SSSR count). The van der Waals surface area contributed by atoms with E-state index >= 15 is 0 Å². The molecule has 0 aliphatic heterocycles. The monoisotopic (exact) mass is 420 g/mol. The van der Waals surface area contributed by atoms with Crippen molar-refractivity contribution in [2.24, 2.45) is 46.8 Å². The third-order valence-electron chi connectivity index (χ3n) is 12.3. The smallest absolute Gasteiger partial charge is 0.0669 e. The van der Waals surface area contributed by atoms with Crippen LogP contribution in [0.15, 0.2) is 11.1 Å². The maximum absolute atomic E-state index is 2.72. The highest BCUT2D eigenvalue weighted by atomic mass is 14.6. The molecule has 6 aliphatic carbocycles. The Labute approximate surface area is 194 Å². The van der Waals surface area contributed by atoms with E-state index in [1.807, 2.05) is 5.57 Å². The van der Waals surface area contributed by atoms with Crippen LogP contribution in [0, 0.1) is 46.8 Å². The van der Waals surface area contributed by atoms with Gasteiger partial charge in [-0.3, -0.25) is 0 Å². The number of rotatable bonds is 3. The molecule has 6 aliphatic rings. The van der Waals surface area contributed by atoms with Crippen LogP contribution in [0.25, 0.3) is 0 Å². The summed E-state index contributed by atoms with van der Waals surface area (Å²) >= 11 is 0. The summed E-state index contributed by atoms with van der Waals surface area (Å²) in [6.07, 6.45) is 26.2. The molecule has 0 aromatic heterocycles. The molecule has 0 aromatic rings. The lowest BCUT2D eigenvalue weighted by Crippen LogP contribution is -2.38. The van der Waals surface area contributed by atoms with E-state index in [2.05, 4.69) is 27.3 Å². The summed E-state index contributed by atoms with van der Waals surface area (Å²) in [6, 6.07) is 0. The second-order valence-electron chi connectivity index (χ2n) is 14.4. The van der Waals surface area contributed by atoms with E-state index in [-0.39, 0.29) is 0 Å². The van der Waals surface area contributed by atoms with Crippen molar-refractivity contribution in [3.63, 3.8) is 0 Å². The fraction of sp³-hybridized carbons (Fsp3) is 0.933. The fourth-order valence-corrected chi connectivity index (χ4v) is 10.5. The quantitative estimate of drug-likeness (QED) is 0.319. The topological polar surface area (TPSA) is 0 Å². The predicted octanol–water partition coefficient (Wildman–Crippen LogP) is 8.13. The zero-order valence-corrected chi connectivity index (χ0v) is 21.1. The van der Waals surface area contributed by atoms with Gasteiger partial charge in [0, 0.05) is 0 Å². The molecule has 1 heteroatoms. The molecule has 4 saturated carbocycles. The lowest BCUT2D eigenvalue weighted by Gasteiger charge is -2.49. The van der Waals surface area contributed by atoms with Gasteiger partial charge in [-0.05, 0) is 117 Å². The molecule has 0 saturated heterocycles. The van der Waals surface area contributed by atoms with Crippen LogP contribution in [0.5, 0.6) is 0 Å². The predicted molar refractivity (Wildman–Crippen MR) is 135 cm³/mol. The molecular formula is C30H49B. The molecule has 31 heavy (non-hydrogen) atoms. The Morgan fingerprint density at radius 2 is 1.29 bits per heavy atom. The number of hydrogen-bond acceptors (Lipinski definition) is 0. The second kappa shape index (κ2) is 7.94. The van der Waals surface area contributed by atoms with Gasteiger partial charge in [0.25, 0.3) is 0 Å². The second-order valence-corrected chi connectivity index (χ2v) is 14.4. The average Bonchev–Trinajstić information content (AvgIpc) is 3.51. The van der Waals surface area contributed by atoms with Crippen molar-refractivity contribution < 1.29 is 0 Å².